The first kappa shape index (κ1) is 5.99. The minimum atomic E-state index is 1.30. The van der Waals surface area contributed by atoms with Gasteiger partial charge in [0.15, 0.2) is 0 Å². The third-order valence-electron chi connectivity index (χ3n) is 1.00. The molecule has 8 heavy (non-hydrogen) atoms. The summed E-state index contributed by atoms with van der Waals surface area (Å²) in [6.07, 6.45) is 8.96. The highest BCUT2D eigenvalue weighted by Gasteiger charge is 2.02. The van der Waals surface area contributed by atoms with Gasteiger partial charge in [0, 0.05) is 13.0 Å². The maximum Gasteiger partial charge on any atom is 0.125 e. The van der Waals surface area contributed by atoms with Gasteiger partial charge in [0.2, 0.25) is 0 Å². The summed E-state index contributed by atoms with van der Waals surface area (Å²) in [5.41, 5.74) is 1.30. The van der Waals surface area contributed by atoms with Crippen molar-refractivity contribution < 1.29 is 0 Å². The lowest BCUT2D eigenvalue weighted by atomic mass is 10.2. The smallest absolute Gasteiger partial charge is 0.0109 e. The lowest BCUT2D eigenvalue weighted by Crippen LogP contribution is -1.75. The molecule has 0 spiro atoms. The van der Waals surface area contributed by atoms with Crippen LogP contribution < -0.4 is 0 Å². The van der Waals surface area contributed by atoms with Gasteiger partial charge in [0.1, 0.15) is 15.7 Å². The fraction of sp³-hybridized carbons (Fsp3) is 0.143. The number of hydrogen-bond acceptors (Lipinski definition) is 0. The van der Waals surface area contributed by atoms with Gasteiger partial charge in [-0.3, -0.25) is 0 Å². The molecule has 0 radical (unpaired) electrons. The molecule has 0 saturated heterocycles. The van der Waals surface area contributed by atoms with Crippen LogP contribution in [-0.2, 0) is 0 Å². The van der Waals surface area contributed by atoms with E-state index in [4.69, 9.17) is 0 Å². The van der Waals surface area contributed by atoms with E-state index in [1.54, 1.807) is 0 Å². The topological polar surface area (TPSA) is 0 Å². The van der Waals surface area contributed by atoms with E-state index in [-0.39, 0.29) is 0 Å². The zero-order valence-corrected chi connectivity index (χ0v) is 6.77. The molecule has 0 aliphatic heterocycles. The Bertz CT molecular complexity index is 153. The molecule has 40 valence electrons. The summed E-state index contributed by atoms with van der Waals surface area (Å²) in [5, 5.41) is 0. The Hall–Kier alpha value is -0.140. The van der Waals surface area contributed by atoms with E-state index < -0.39 is 0 Å². The first-order valence-electron chi connectivity index (χ1n) is 2.43. The molecule has 0 saturated carbocycles. The van der Waals surface area contributed by atoms with Crippen LogP contribution in [0.3, 0.4) is 0 Å². The molecular weight excluding hydrogens is 211 g/mol. The second kappa shape index (κ2) is 2.42. The molecule has 0 nitrogen and oxygen atoms in total. The molecule has 0 fully saturated rings. The number of allylic oxidation sites excluding steroid dienone is 6. The van der Waals surface area contributed by atoms with Crippen molar-refractivity contribution in [2.24, 2.45) is 0 Å². The number of hydrogen-bond donors (Lipinski definition) is 0. The van der Waals surface area contributed by atoms with Crippen LogP contribution in [0.2, 0.25) is 0 Å². The Kier molecular flexibility index (Phi) is 1.81. The zero-order chi connectivity index (χ0) is 5.98. The number of halogens is 1. The second-order valence-corrected chi connectivity index (χ2v) is 2.84. The minimum Gasteiger partial charge on any atom is -0.0109 e. The molecule has 1 heteroatoms. The molecule has 0 aromatic heterocycles. The van der Waals surface area contributed by atoms with Crippen molar-refractivity contribution in [1.82, 2.24) is 0 Å². The molecule has 0 aromatic rings. The van der Waals surface area contributed by atoms with E-state index in [2.05, 4.69) is 41.7 Å². The summed E-state index contributed by atoms with van der Waals surface area (Å²) in [6.45, 7) is 2.08. The van der Waals surface area contributed by atoms with Crippen LogP contribution in [0.1, 0.15) is 6.92 Å². The summed E-state index contributed by atoms with van der Waals surface area (Å²) in [7, 11) is 0. The van der Waals surface area contributed by atoms with E-state index in [9.17, 15) is 0 Å². The van der Waals surface area contributed by atoms with Crippen LogP contribution in [0, 0.1) is 6.08 Å². The van der Waals surface area contributed by atoms with Gasteiger partial charge in [0.05, 0.1) is 11.6 Å². The van der Waals surface area contributed by atoms with Gasteiger partial charge in [-0.15, -0.1) is 0 Å². The van der Waals surface area contributed by atoms with Crippen molar-refractivity contribution in [2.45, 2.75) is 6.92 Å². The Morgan fingerprint density at radius 1 is 1.62 bits per heavy atom. The van der Waals surface area contributed by atoms with E-state index in [1.807, 2.05) is 12.2 Å². The SMILES string of the molecule is CC1=C(I)C=C[C+]=C1. The van der Waals surface area contributed by atoms with E-state index in [1.165, 1.54) is 9.15 Å². The van der Waals surface area contributed by atoms with Crippen LogP contribution in [0.4, 0.5) is 0 Å². The third-order valence-corrected chi connectivity index (χ3v) is 2.21. The van der Waals surface area contributed by atoms with Gasteiger partial charge in [0.25, 0.3) is 0 Å². The van der Waals surface area contributed by atoms with Crippen molar-refractivity contribution in [3.8, 4) is 0 Å². The lowest BCUT2D eigenvalue weighted by Gasteiger charge is -1.86. The molecular formula is C7H6I+. The first-order chi connectivity index (χ1) is 3.80. The predicted molar refractivity (Wildman–Crippen MR) is 43.7 cm³/mol. The molecule has 0 N–H and O–H groups in total. The van der Waals surface area contributed by atoms with Crippen molar-refractivity contribution in [3.05, 3.63) is 33.5 Å². The highest BCUT2D eigenvalue weighted by molar-refractivity contribution is 14.1. The van der Waals surface area contributed by atoms with Crippen LogP contribution in [0.5, 0.6) is 0 Å². The maximum atomic E-state index is 3.00. The van der Waals surface area contributed by atoms with Crippen LogP contribution >= 0.6 is 22.6 Å². The van der Waals surface area contributed by atoms with Gasteiger partial charge >= 0.3 is 0 Å². The Morgan fingerprint density at radius 2 is 2.38 bits per heavy atom. The van der Waals surface area contributed by atoms with Gasteiger partial charge in [-0.05, 0) is 22.6 Å². The minimum absolute atomic E-state index is 1.30. The van der Waals surface area contributed by atoms with Gasteiger partial charge in [-0.2, -0.15) is 0 Å². The maximum absolute atomic E-state index is 3.00. The van der Waals surface area contributed by atoms with Gasteiger partial charge in [-0.25, -0.2) is 0 Å². The van der Waals surface area contributed by atoms with Crippen molar-refractivity contribution in [3.63, 3.8) is 0 Å². The molecule has 1 aliphatic carbocycles. The summed E-state index contributed by atoms with van der Waals surface area (Å²) in [4.78, 5) is 0. The standard InChI is InChI=1S/C7H6I/c1-6-4-2-3-5-7(6)8/h3-5H,1H3/q+1. The van der Waals surface area contributed by atoms with Crippen molar-refractivity contribution in [2.75, 3.05) is 0 Å². The summed E-state index contributed by atoms with van der Waals surface area (Å²) >= 11 is 2.30. The predicted octanol–water partition coefficient (Wildman–Crippen LogP) is 2.62. The summed E-state index contributed by atoms with van der Waals surface area (Å²) in [5.74, 6) is 0. The van der Waals surface area contributed by atoms with Crippen molar-refractivity contribution >= 4 is 22.6 Å². The highest BCUT2D eigenvalue weighted by Crippen LogP contribution is 2.17. The summed E-state index contributed by atoms with van der Waals surface area (Å²) in [6, 6.07) is 0. The Labute approximate surface area is 63.1 Å². The third kappa shape index (κ3) is 1.17. The normalized spacial score (nSPS) is 16.8. The molecule has 0 atom stereocenters. The van der Waals surface area contributed by atoms with E-state index in [0.717, 1.165) is 0 Å². The average molecular weight is 217 g/mol. The van der Waals surface area contributed by atoms with Crippen LogP contribution in [0.15, 0.2) is 27.4 Å². The second-order valence-electron chi connectivity index (χ2n) is 1.68. The lowest BCUT2D eigenvalue weighted by molar-refractivity contribution is 1.48. The fourth-order valence-corrected chi connectivity index (χ4v) is 0.830. The van der Waals surface area contributed by atoms with E-state index >= 15 is 0 Å². The quantitative estimate of drug-likeness (QED) is 0.432. The van der Waals surface area contributed by atoms with Gasteiger partial charge in [-0.1, -0.05) is 0 Å². The number of rotatable bonds is 0. The molecule has 0 heterocycles. The van der Waals surface area contributed by atoms with E-state index in [0.29, 0.717) is 0 Å². The monoisotopic (exact) mass is 217 g/mol. The van der Waals surface area contributed by atoms with Crippen LogP contribution in [0.25, 0.3) is 0 Å². The average Bonchev–Trinajstić information content (AvgIpc) is 1.77. The highest BCUT2D eigenvalue weighted by atomic mass is 127. The van der Waals surface area contributed by atoms with Crippen LogP contribution in [-0.4, -0.2) is 0 Å². The molecule has 1 aliphatic rings. The molecule has 0 aromatic carbocycles. The zero-order valence-electron chi connectivity index (χ0n) is 4.61. The molecule has 1 rings (SSSR count). The molecule has 0 bridgehead atoms. The summed E-state index contributed by atoms with van der Waals surface area (Å²) < 4.78 is 1.31. The van der Waals surface area contributed by atoms with Crippen molar-refractivity contribution in [1.29, 1.82) is 0 Å². The Balaban J connectivity index is 2.97. The Morgan fingerprint density at radius 3 is 2.75 bits per heavy atom. The fourth-order valence-electron chi connectivity index (χ4n) is 0.495. The largest absolute Gasteiger partial charge is 0.125 e. The van der Waals surface area contributed by atoms with Gasteiger partial charge < -0.3 is 0 Å². The molecule has 0 unspecified atom stereocenters. The first-order valence-corrected chi connectivity index (χ1v) is 3.51. The molecule has 0 amide bonds.